The fraction of sp³-hybridized carbons (Fsp3) is 0.310. The number of amides is 1. The highest BCUT2D eigenvalue weighted by molar-refractivity contribution is 5.99. The van der Waals surface area contributed by atoms with Crippen molar-refractivity contribution in [2.45, 2.75) is 32.5 Å². The molecule has 1 aliphatic heterocycles. The van der Waals surface area contributed by atoms with E-state index in [4.69, 9.17) is 9.47 Å². The van der Waals surface area contributed by atoms with Crippen molar-refractivity contribution in [1.82, 2.24) is 19.4 Å². The Morgan fingerprint density at radius 2 is 1.83 bits per heavy atom. The Morgan fingerprint density at radius 1 is 1.07 bits per heavy atom. The lowest BCUT2D eigenvalue weighted by atomic mass is 9.97. The number of likely N-dealkylation sites (tertiary alicyclic amines) is 1. The first-order valence-corrected chi connectivity index (χ1v) is 13.1. The lowest BCUT2D eigenvalue weighted by Gasteiger charge is -2.30. The molecule has 0 unspecified atom stereocenters. The molecule has 1 amide bonds. The largest absolute Gasteiger partial charge is 0.469 e. The van der Waals surface area contributed by atoms with E-state index in [1.165, 1.54) is 24.2 Å². The van der Waals surface area contributed by atoms with Gasteiger partial charge >= 0.3 is 18.2 Å². The van der Waals surface area contributed by atoms with Crippen molar-refractivity contribution < 1.29 is 36.6 Å². The minimum atomic E-state index is -4.90. The van der Waals surface area contributed by atoms with Gasteiger partial charge in [0, 0.05) is 35.4 Å². The van der Waals surface area contributed by atoms with Crippen molar-refractivity contribution in [3.8, 4) is 11.6 Å². The predicted octanol–water partition coefficient (Wildman–Crippen LogP) is 6.16. The number of nitrogens with zero attached hydrogens (tertiary/aromatic N) is 4. The lowest BCUT2D eigenvalue weighted by Crippen LogP contribution is -2.36. The second kappa shape index (κ2) is 11.8. The van der Waals surface area contributed by atoms with Crippen LogP contribution in [0, 0.1) is 18.7 Å². The summed E-state index contributed by atoms with van der Waals surface area (Å²) in [4.78, 5) is 35.4. The molecule has 2 aromatic heterocycles. The van der Waals surface area contributed by atoms with Crippen LogP contribution in [0.5, 0.6) is 11.6 Å². The van der Waals surface area contributed by atoms with Crippen molar-refractivity contribution in [3.05, 3.63) is 77.6 Å². The normalized spacial score (nSPS) is 14.6. The molecular formula is C29H27F4N5O4. The van der Waals surface area contributed by atoms with E-state index in [2.05, 4.69) is 20.2 Å². The maximum Gasteiger partial charge on any atom is 0.419 e. The molecule has 1 saturated heterocycles. The summed E-state index contributed by atoms with van der Waals surface area (Å²) in [5.74, 6) is -0.854. The number of piperidine rings is 1. The number of fused-ring (bicyclic) bond motifs is 1. The van der Waals surface area contributed by atoms with Crippen LogP contribution in [0.15, 0.2) is 55.0 Å². The second-order valence-electron chi connectivity index (χ2n) is 9.95. The number of anilines is 1. The average Bonchev–Trinajstić information content (AvgIpc) is 3.40. The number of carbonyl (C=O) groups is 2. The Bertz CT molecular complexity index is 1630. The maximum atomic E-state index is 13.6. The van der Waals surface area contributed by atoms with Crippen LogP contribution in [-0.2, 0) is 22.3 Å². The van der Waals surface area contributed by atoms with Crippen LogP contribution in [0.25, 0.3) is 10.9 Å². The summed E-state index contributed by atoms with van der Waals surface area (Å²) in [6, 6.07) is 8.30. The Balaban J connectivity index is 1.28. The van der Waals surface area contributed by atoms with Crippen LogP contribution in [-0.4, -0.2) is 51.6 Å². The van der Waals surface area contributed by atoms with Gasteiger partial charge in [-0.15, -0.1) is 0 Å². The summed E-state index contributed by atoms with van der Waals surface area (Å²) in [6.07, 6.45) is -0.559. The third kappa shape index (κ3) is 6.20. The van der Waals surface area contributed by atoms with Crippen LogP contribution in [0.3, 0.4) is 0 Å². The van der Waals surface area contributed by atoms with E-state index in [0.29, 0.717) is 46.8 Å². The molecule has 0 bridgehead atoms. The molecule has 220 valence electrons. The monoisotopic (exact) mass is 585 g/mol. The number of rotatable bonds is 6. The van der Waals surface area contributed by atoms with Crippen molar-refractivity contribution in [2.24, 2.45) is 5.92 Å². The number of hydrogen-bond acceptors (Lipinski definition) is 7. The Labute approximate surface area is 238 Å². The van der Waals surface area contributed by atoms with Crippen molar-refractivity contribution in [2.75, 3.05) is 25.5 Å². The van der Waals surface area contributed by atoms with E-state index in [9.17, 15) is 27.2 Å². The molecular weight excluding hydrogens is 558 g/mol. The van der Waals surface area contributed by atoms with E-state index < -0.39 is 23.6 Å². The van der Waals surface area contributed by atoms with Gasteiger partial charge < -0.3 is 14.8 Å². The number of methoxy groups -OCH3 is 1. The second-order valence-corrected chi connectivity index (χ2v) is 9.95. The van der Waals surface area contributed by atoms with Gasteiger partial charge in [0.25, 0.3) is 0 Å². The molecule has 1 N–H and O–H groups in total. The molecule has 42 heavy (non-hydrogen) atoms. The highest BCUT2D eigenvalue weighted by atomic mass is 19.4. The number of carbonyl (C=O) groups excluding carboxylic acids is 2. The van der Waals surface area contributed by atoms with Crippen LogP contribution in [0.1, 0.15) is 29.7 Å². The summed E-state index contributed by atoms with van der Waals surface area (Å²) in [5, 5.41) is 3.06. The summed E-state index contributed by atoms with van der Waals surface area (Å²) in [6.45, 7) is 3.86. The van der Waals surface area contributed by atoms with Gasteiger partial charge in [-0.1, -0.05) is 0 Å². The van der Waals surface area contributed by atoms with Gasteiger partial charge in [0.15, 0.2) is 0 Å². The third-order valence-electron chi connectivity index (χ3n) is 7.25. The quantitative estimate of drug-likeness (QED) is 0.214. The van der Waals surface area contributed by atoms with E-state index in [1.807, 2.05) is 6.92 Å². The van der Waals surface area contributed by atoms with Gasteiger partial charge in [0.05, 0.1) is 29.8 Å². The van der Waals surface area contributed by atoms with E-state index in [0.717, 1.165) is 37.7 Å². The third-order valence-corrected chi connectivity index (χ3v) is 7.25. The number of alkyl halides is 3. The SMILES string of the molecule is COC(=O)C1CCN(Cc2cc(Oc3ccc4c(ccn4C(=O)Nc4ccc(F)c(C(F)(F)F)c4)c3C)ncn2)CC1. The number of hydrogen-bond donors (Lipinski definition) is 1. The first kappa shape index (κ1) is 29.0. The standard InChI is InChI=1S/C29H27F4N5O4/c1-17-21-9-12-38(28(40)36-19-3-4-23(30)22(13-19)29(31,32)33)24(21)5-6-25(17)42-26-14-20(34-16-35-26)15-37-10-7-18(8-11-37)27(39)41-2/h3-6,9,12-14,16,18H,7-8,10-11,15H2,1-2H3,(H,36,40). The molecule has 0 aliphatic carbocycles. The van der Waals surface area contributed by atoms with Crippen LogP contribution in [0.4, 0.5) is 28.0 Å². The van der Waals surface area contributed by atoms with Gasteiger partial charge in [-0.05, 0) is 69.3 Å². The average molecular weight is 586 g/mol. The molecule has 0 atom stereocenters. The van der Waals surface area contributed by atoms with Crippen LogP contribution >= 0.6 is 0 Å². The Kier molecular flexibility index (Phi) is 8.12. The number of aromatic nitrogens is 3. The molecule has 1 fully saturated rings. The molecule has 0 spiro atoms. The zero-order chi connectivity index (χ0) is 30.0. The highest BCUT2D eigenvalue weighted by Gasteiger charge is 2.34. The number of esters is 1. The molecule has 13 heteroatoms. The first-order valence-electron chi connectivity index (χ1n) is 13.1. The van der Waals surface area contributed by atoms with Gasteiger partial charge in [-0.25, -0.2) is 19.2 Å². The van der Waals surface area contributed by atoms with Gasteiger partial charge in [0.2, 0.25) is 5.88 Å². The zero-order valence-corrected chi connectivity index (χ0v) is 22.7. The first-order chi connectivity index (χ1) is 20.0. The molecule has 4 aromatic rings. The molecule has 5 rings (SSSR count). The van der Waals surface area contributed by atoms with E-state index in [1.54, 1.807) is 24.3 Å². The zero-order valence-electron chi connectivity index (χ0n) is 22.7. The summed E-state index contributed by atoms with van der Waals surface area (Å²) >= 11 is 0. The minimum absolute atomic E-state index is 0.0838. The topological polar surface area (TPSA) is 98.6 Å². The number of ether oxygens (including phenoxy) is 2. The smallest absolute Gasteiger partial charge is 0.419 e. The van der Waals surface area contributed by atoms with Crippen LogP contribution < -0.4 is 10.1 Å². The molecule has 1 aliphatic rings. The van der Waals surface area contributed by atoms with Crippen LogP contribution in [0.2, 0.25) is 0 Å². The Morgan fingerprint density at radius 3 is 2.55 bits per heavy atom. The number of aryl methyl sites for hydroxylation is 1. The van der Waals surface area contributed by atoms with Crippen molar-refractivity contribution in [1.29, 1.82) is 0 Å². The Hall–Kier alpha value is -4.52. The molecule has 3 heterocycles. The fourth-order valence-electron chi connectivity index (χ4n) is 4.99. The fourth-order valence-corrected chi connectivity index (χ4v) is 4.99. The number of benzene rings is 2. The highest BCUT2D eigenvalue weighted by Crippen LogP contribution is 2.34. The minimum Gasteiger partial charge on any atom is -0.469 e. The summed E-state index contributed by atoms with van der Waals surface area (Å²) < 4.78 is 65.0. The molecule has 2 aromatic carbocycles. The van der Waals surface area contributed by atoms with Gasteiger partial charge in [-0.2, -0.15) is 13.2 Å². The predicted molar refractivity (Wildman–Crippen MR) is 145 cm³/mol. The number of nitrogens with one attached hydrogen (secondary N) is 1. The maximum absolute atomic E-state index is 13.6. The summed E-state index contributed by atoms with van der Waals surface area (Å²) in [7, 11) is 1.40. The molecule has 0 saturated carbocycles. The molecule has 0 radical (unpaired) electrons. The van der Waals surface area contributed by atoms with Gasteiger partial charge in [0.1, 0.15) is 17.9 Å². The summed E-state index contributed by atoms with van der Waals surface area (Å²) in [5.41, 5.74) is 0.304. The van der Waals surface area contributed by atoms with Crippen molar-refractivity contribution in [3.63, 3.8) is 0 Å². The van der Waals surface area contributed by atoms with Crippen molar-refractivity contribution >= 4 is 28.6 Å². The molecule has 9 nitrogen and oxygen atoms in total. The van der Waals surface area contributed by atoms with E-state index >= 15 is 0 Å². The van der Waals surface area contributed by atoms with Gasteiger partial charge in [-0.3, -0.25) is 14.3 Å². The lowest BCUT2D eigenvalue weighted by molar-refractivity contribution is -0.147. The van der Waals surface area contributed by atoms with E-state index in [-0.39, 0.29) is 17.6 Å². The number of halogens is 4.